The van der Waals surface area contributed by atoms with Crippen LogP contribution in [-0.2, 0) is 0 Å². The summed E-state index contributed by atoms with van der Waals surface area (Å²) in [4.78, 5) is 0. The Morgan fingerprint density at radius 2 is 1.75 bits per heavy atom. The lowest BCUT2D eigenvalue weighted by molar-refractivity contribution is 0.660. The summed E-state index contributed by atoms with van der Waals surface area (Å²) in [5.74, 6) is -0.316. The Labute approximate surface area is 73.8 Å². The van der Waals surface area contributed by atoms with E-state index in [1.807, 2.05) is 13.8 Å². The average molecular weight is 166 g/mol. The quantitative estimate of drug-likeness (QED) is 0.557. The third-order valence-electron chi connectivity index (χ3n) is 1.33. The van der Waals surface area contributed by atoms with Crippen LogP contribution in [-0.4, -0.2) is 0 Å². The van der Waals surface area contributed by atoms with E-state index in [1.54, 1.807) is 13.0 Å². The molecule has 0 N–H and O–H groups in total. The maximum atomic E-state index is 13.1. The predicted octanol–water partition coefficient (Wildman–Crippen LogP) is 3.94. The molecule has 0 saturated heterocycles. The van der Waals surface area contributed by atoms with Crippen LogP contribution in [0, 0.1) is 0 Å². The van der Waals surface area contributed by atoms with Gasteiger partial charge in [0.1, 0.15) is 5.83 Å². The Hall–Kier alpha value is -1.11. The van der Waals surface area contributed by atoms with Gasteiger partial charge in [0.05, 0.1) is 0 Å². The maximum absolute atomic E-state index is 13.1. The molecule has 0 atom stereocenters. The van der Waals surface area contributed by atoms with Gasteiger partial charge in [0, 0.05) is 5.57 Å². The SMILES string of the molecule is C=C/C(F)=C(\C=C(C)C)C(=C)C. The van der Waals surface area contributed by atoms with Crippen LogP contribution in [0.2, 0.25) is 0 Å². The van der Waals surface area contributed by atoms with Gasteiger partial charge in [0.25, 0.3) is 0 Å². The molecule has 0 aliphatic carbocycles. The van der Waals surface area contributed by atoms with Crippen LogP contribution in [0.15, 0.2) is 47.9 Å². The van der Waals surface area contributed by atoms with Crippen LogP contribution < -0.4 is 0 Å². The number of allylic oxidation sites excluding steroid dienone is 6. The summed E-state index contributed by atoms with van der Waals surface area (Å²) in [6, 6.07) is 0. The van der Waals surface area contributed by atoms with Gasteiger partial charge in [-0.25, -0.2) is 4.39 Å². The lowest BCUT2D eigenvalue weighted by Gasteiger charge is -2.01. The molecule has 0 unspecified atom stereocenters. The first-order valence-corrected chi connectivity index (χ1v) is 3.82. The monoisotopic (exact) mass is 166 g/mol. The highest BCUT2D eigenvalue weighted by molar-refractivity contribution is 5.42. The molecule has 0 aliphatic rings. The molecule has 0 heterocycles. The van der Waals surface area contributed by atoms with Crippen molar-refractivity contribution in [2.45, 2.75) is 20.8 Å². The molecule has 0 amide bonds. The summed E-state index contributed by atoms with van der Waals surface area (Å²) in [5, 5.41) is 0. The highest BCUT2D eigenvalue weighted by atomic mass is 19.1. The Morgan fingerprint density at radius 3 is 2.00 bits per heavy atom. The highest BCUT2D eigenvalue weighted by Gasteiger charge is 2.00. The second-order valence-electron chi connectivity index (χ2n) is 2.97. The number of hydrogen-bond acceptors (Lipinski definition) is 0. The zero-order valence-corrected chi connectivity index (χ0v) is 7.95. The summed E-state index contributed by atoms with van der Waals surface area (Å²) < 4.78 is 13.1. The van der Waals surface area contributed by atoms with Crippen molar-refractivity contribution in [3.63, 3.8) is 0 Å². The third kappa shape index (κ3) is 3.33. The fourth-order valence-corrected chi connectivity index (χ4v) is 0.795. The van der Waals surface area contributed by atoms with Gasteiger partial charge in [0.15, 0.2) is 0 Å². The third-order valence-corrected chi connectivity index (χ3v) is 1.33. The first-order chi connectivity index (χ1) is 5.49. The van der Waals surface area contributed by atoms with Crippen molar-refractivity contribution in [2.75, 3.05) is 0 Å². The second kappa shape index (κ2) is 4.70. The summed E-state index contributed by atoms with van der Waals surface area (Å²) in [5.41, 5.74) is 2.30. The first-order valence-electron chi connectivity index (χ1n) is 3.82. The maximum Gasteiger partial charge on any atom is 0.130 e. The van der Waals surface area contributed by atoms with Gasteiger partial charge in [-0.2, -0.15) is 0 Å². The molecule has 0 saturated carbocycles. The van der Waals surface area contributed by atoms with Crippen LogP contribution >= 0.6 is 0 Å². The van der Waals surface area contributed by atoms with E-state index in [1.165, 1.54) is 6.08 Å². The molecule has 0 spiro atoms. The van der Waals surface area contributed by atoms with Crippen molar-refractivity contribution >= 4 is 0 Å². The van der Waals surface area contributed by atoms with Gasteiger partial charge < -0.3 is 0 Å². The van der Waals surface area contributed by atoms with Crippen LogP contribution in [0.1, 0.15) is 20.8 Å². The van der Waals surface area contributed by atoms with Crippen LogP contribution in [0.3, 0.4) is 0 Å². The summed E-state index contributed by atoms with van der Waals surface area (Å²) >= 11 is 0. The number of hydrogen-bond donors (Lipinski definition) is 0. The summed E-state index contributed by atoms with van der Waals surface area (Å²) in [6.07, 6.45) is 2.96. The molecule has 0 fully saturated rings. The topological polar surface area (TPSA) is 0 Å². The fourth-order valence-electron chi connectivity index (χ4n) is 0.795. The Bertz CT molecular complexity index is 250. The van der Waals surface area contributed by atoms with E-state index in [0.29, 0.717) is 11.1 Å². The molecule has 0 bridgehead atoms. The standard InChI is InChI=1S/C11H15F/c1-6-11(12)10(9(4)5)7-8(2)3/h6-7H,1,4H2,2-3,5H3/b11-10-. The van der Waals surface area contributed by atoms with E-state index in [9.17, 15) is 4.39 Å². The van der Waals surface area contributed by atoms with Gasteiger partial charge in [-0.1, -0.05) is 24.8 Å². The van der Waals surface area contributed by atoms with Crippen LogP contribution in [0.25, 0.3) is 0 Å². The Kier molecular flexibility index (Phi) is 4.27. The van der Waals surface area contributed by atoms with E-state index < -0.39 is 0 Å². The first kappa shape index (κ1) is 10.9. The minimum atomic E-state index is -0.316. The van der Waals surface area contributed by atoms with E-state index >= 15 is 0 Å². The summed E-state index contributed by atoms with van der Waals surface area (Å²) in [6.45, 7) is 12.7. The van der Waals surface area contributed by atoms with E-state index in [0.717, 1.165) is 5.57 Å². The van der Waals surface area contributed by atoms with E-state index in [2.05, 4.69) is 13.2 Å². The van der Waals surface area contributed by atoms with Gasteiger partial charge in [-0.05, 0) is 32.4 Å². The zero-order chi connectivity index (χ0) is 9.72. The normalized spacial score (nSPS) is 11.7. The highest BCUT2D eigenvalue weighted by Crippen LogP contribution is 2.17. The molecule has 0 aromatic heterocycles. The van der Waals surface area contributed by atoms with E-state index in [4.69, 9.17) is 0 Å². The molecule has 0 aliphatic heterocycles. The molecular weight excluding hydrogens is 151 g/mol. The van der Waals surface area contributed by atoms with Crippen molar-refractivity contribution in [3.8, 4) is 0 Å². The van der Waals surface area contributed by atoms with Gasteiger partial charge in [-0.3, -0.25) is 0 Å². The average Bonchev–Trinajstić information content (AvgIpc) is 1.98. The Morgan fingerprint density at radius 1 is 1.25 bits per heavy atom. The molecule has 0 aromatic rings. The van der Waals surface area contributed by atoms with Crippen LogP contribution in [0.5, 0.6) is 0 Å². The minimum absolute atomic E-state index is 0.316. The number of rotatable bonds is 3. The van der Waals surface area contributed by atoms with Crippen LogP contribution in [0.4, 0.5) is 4.39 Å². The lowest BCUT2D eigenvalue weighted by Crippen LogP contribution is -1.84. The minimum Gasteiger partial charge on any atom is -0.206 e. The predicted molar refractivity (Wildman–Crippen MR) is 52.6 cm³/mol. The van der Waals surface area contributed by atoms with Gasteiger partial charge in [-0.15, -0.1) is 0 Å². The van der Waals surface area contributed by atoms with Gasteiger partial charge in [0.2, 0.25) is 0 Å². The number of halogens is 1. The van der Waals surface area contributed by atoms with Crippen molar-refractivity contribution in [3.05, 3.63) is 47.9 Å². The lowest BCUT2D eigenvalue weighted by atomic mass is 10.1. The molecule has 0 rings (SSSR count). The summed E-state index contributed by atoms with van der Waals surface area (Å²) in [7, 11) is 0. The molecule has 0 nitrogen and oxygen atoms in total. The van der Waals surface area contributed by atoms with E-state index in [-0.39, 0.29) is 5.83 Å². The Balaban J connectivity index is 5.06. The molecule has 1 heteroatoms. The second-order valence-corrected chi connectivity index (χ2v) is 2.97. The molecule has 12 heavy (non-hydrogen) atoms. The molecular formula is C11H15F. The zero-order valence-electron chi connectivity index (χ0n) is 7.95. The van der Waals surface area contributed by atoms with Gasteiger partial charge >= 0.3 is 0 Å². The molecule has 66 valence electrons. The molecule has 0 aromatic carbocycles. The van der Waals surface area contributed by atoms with Crippen molar-refractivity contribution in [1.29, 1.82) is 0 Å². The van der Waals surface area contributed by atoms with Crippen molar-refractivity contribution in [1.82, 2.24) is 0 Å². The molecule has 0 radical (unpaired) electrons. The van der Waals surface area contributed by atoms with Crippen molar-refractivity contribution < 1.29 is 4.39 Å². The fraction of sp³-hybridized carbons (Fsp3) is 0.273. The smallest absolute Gasteiger partial charge is 0.130 e. The van der Waals surface area contributed by atoms with Crippen molar-refractivity contribution in [2.24, 2.45) is 0 Å². The largest absolute Gasteiger partial charge is 0.206 e.